The van der Waals surface area contributed by atoms with Crippen LogP contribution in [-0.2, 0) is 0 Å². The highest BCUT2D eigenvalue weighted by Gasteiger charge is 2.41. The smallest absolute Gasteiger partial charge is 0.253 e. The molecule has 4 rings (SSSR count). The first-order valence-electron chi connectivity index (χ1n) is 8.41. The average molecular weight is 284 g/mol. The van der Waals surface area contributed by atoms with Crippen molar-refractivity contribution in [3.63, 3.8) is 0 Å². The third-order valence-corrected chi connectivity index (χ3v) is 5.09. The predicted molar refractivity (Wildman–Crippen MR) is 83.2 cm³/mol. The zero-order valence-electron chi connectivity index (χ0n) is 12.6. The van der Waals surface area contributed by atoms with Crippen LogP contribution in [0.5, 0.6) is 0 Å². The Morgan fingerprint density at radius 2 is 1.71 bits per heavy atom. The van der Waals surface area contributed by atoms with Gasteiger partial charge in [-0.05, 0) is 50.2 Å². The van der Waals surface area contributed by atoms with Crippen molar-refractivity contribution >= 4 is 5.91 Å². The third kappa shape index (κ3) is 2.98. The maximum Gasteiger partial charge on any atom is 0.253 e. The van der Waals surface area contributed by atoms with Gasteiger partial charge in [0.25, 0.3) is 5.91 Å². The molecule has 21 heavy (non-hydrogen) atoms. The van der Waals surface area contributed by atoms with E-state index in [2.05, 4.69) is 9.80 Å². The molecule has 0 radical (unpaired) electrons. The molecule has 1 saturated heterocycles. The van der Waals surface area contributed by atoms with E-state index in [1.54, 1.807) is 0 Å². The summed E-state index contributed by atoms with van der Waals surface area (Å²) in [5.74, 6) is 0.890. The summed E-state index contributed by atoms with van der Waals surface area (Å²) in [5, 5.41) is 0. The first-order valence-corrected chi connectivity index (χ1v) is 8.41. The van der Waals surface area contributed by atoms with E-state index in [1.807, 2.05) is 30.3 Å². The van der Waals surface area contributed by atoms with Gasteiger partial charge in [0.2, 0.25) is 0 Å². The standard InChI is InChI=1S/C18H24N2O/c21-18(15-4-2-1-3-5-15)19-11-10-14(12-19)13-20(16-6-7-16)17-8-9-17/h1-5,14,16-17H,6-13H2. The fraction of sp³-hybridized carbons (Fsp3) is 0.611. The van der Waals surface area contributed by atoms with Gasteiger partial charge in [-0.1, -0.05) is 18.2 Å². The predicted octanol–water partition coefficient (Wildman–Crippen LogP) is 2.78. The topological polar surface area (TPSA) is 23.6 Å². The minimum absolute atomic E-state index is 0.211. The summed E-state index contributed by atoms with van der Waals surface area (Å²) < 4.78 is 0. The largest absolute Gasteiger partial charge is 0.338 e. The van der Waals surface area contributed by atoms with Gasteiger partial charge in [-0.3, -0.25) is 9.69 Å². The maximum absolute atomic E-state index is 12.5. The van der Waals surface area contributed by atoms with Crippen LogP contribution in [0.3, 0.4) is 0 Å². The van der Waals surface area contributed by atoms with Gasteiger partial charge >= 0.3 is 0 Å². The van der Waals surface area contributed by atoms with Crippen molar-refractivity contribution in [1.82, 2.24) is 9.80 Å². The molecule has 1 aromatic rings. The molecule has 1 amide bonds. The van der Waals surface area contributed by atoms with Gasteiger partial charge < -0.3 is 4.90 Å². The van der Waals surface area contributed by atoms with Crippen molar-refractivity contribution in [2.24, 2.45) is 5.92 Å². The van der Waals surface area contributed by atoms with Crippen LogP contribution in [0.4, 0.5) is 0 Å². The van der Waals surface area contributed by atoms with Crippen LogP contribution in [0.2, 0.25) is 0 Å². The van der Waals surface area contributed by atoms with E-state index >= 15 is 0 Å². The van der Waals surface area contributed by atoms with E-state index in [0.29, 0.717) is 5.92 Å². The van der Waals surface area contributed by atoms with E-state index in [9.17, 15) is 4.79 Å². The Bertz CT molecular complexity index is 495. The monoisotopic (exact) mass is 284 g/mol. The van der Waals surface area contributed by atoms with Crippen molar-refractivity contribution in [2.45, 2.75) is 44.2 Å². The minimum Gasteiger partial charge on any atom is -0.338 e. The van der Waals surface area contributed by atoms with Gasteiger partial charge in [0.15, 0.2) is 0 Å². The van der Waals surface area contributed by atoms with Crippen LogP contribution in [0.15, 0.2) is 30.3 Å². The van der Waals surface area contributed by atoms with E-state index < -0.39 is 0 Å². The quantitative estimate of drug-likeness (QED) is 0.830. The van der Waals surface area contributed by atoms with Crippen molar-refractivity contribution < 1.29 is 4.79 Å². The lowest BCUT2D eigenvalue weighted by Crippen LogP contribution is -2.35. The molecule has 112 valence electrons. The molecule has 1 heterocycles. The van der Waals surface area contributed by atoms with Gasteiger partial charge in [0, 0.05) is 37.3 Å². The van der Waals surface area contributed by atoms with Crippen LogP contribution in [0.25, 0.3) is 0 Å². The van der Waals surface area contributed by atoms with Crippen LogP contribution in [0, 0.1) is 5.92 Å². The summed E-state index contributed by atoms with van der Waals surface area (Å²) in [6, 6.07) is 11.5. The van der Waals surface area contributed by atoms with Crippen LogP contribution >= 0.6 is 0 Å². The van der Waals surface area contributed by atoms with Crippen molar-refractivity contribution in [3.8, 4) is 0 Å². The van der Waals surface area contributed by atoms with Crippen LogP contribution in [0.1, 0.15) is 42.5 Å². The molecule has 0 N–H and O–H groups in total. The fourth-order valence-corrected chi connectivity index (χ4v) is 3.64. The number of rotatable bonds is 5. The number of carbonyl (C=O) groups is 1. The molecular weight excluding hydrogens is 260 g/mol. The molecule has 3 nitrogen and oxygen atoms in total. The molecule has 3 aliphatic rings. The zero-order valence-corrected chi connectivity index (χ0v) is 12.6. The number of hydrogen-bond donors (Lipinski definition) is 0. The normalized spacial score (nSPS) is 25.6. The van der Waals surface area contributed by atoms with Gasteiger partial charge in [-0.15, -0.1) is 0 Å². The summed E-state index contributed by atoms with van der Waals surface area (Å²) in [6.45, 7) is 3.10. The van der Waals surface area contributed by atoms with Crippen LogP contribution in [-0.4, -0.2) is 47.4 Å². The zero-order chi connectivity index (χ0) is 14.2. The second kappa shape index (κ2) is 5.45. The maximum atomic E-state index is 12.5. The summed E-state index contributed by atoms with van der Waals surface area (Å²) in [5.41, 5.74) is 0.833. The van der Waals surface area contributed by atoms with E-state index in [1.165, 1.54) is 38.6 Å². The molecule has 1 aliphatic heterocycles. The molecule has 0 aromatic heterocycles. The lowest BCUT2D eigenvalue weighted by atomic mass is 10.1. The average Bonchev–Trinajstić information content (AvgIpc) is 3.45. The molecule has 1 unspecified atom stereocenters. The molecule has 1 atom stereocenters. The van der Waals surface area contributed by atoms with E-state index in [0.717, 1.165) is 30.7 Å². The molecule has 2 saturated carbocycles. The molecular formula is C18H24N2O. The number of nitrogens with zero attached hydrogens (tertiary/aromatic N) is 2. The van der Waals surface area contributed by atoms with Crippen molar-refractivity contribution in [3.05, 3.63) is 35.9 Å². The van der Waals surface area contributed by atoms with Crippen molar-refractivity contribution in [1.29, 1.82) is 0 Å². The summed E-state index contributed by atoms with van der Waals surface area (Å²) in [7, 11) is 0. The minimum atomic E-state index is 0.211. The summed E-state index contributed by atoms with van der Waals surface area (Å²) in [4.78, 5) is 17.3. The lowest BCUT2D eigenvalue weighted by molar-refractivity contribution is 0.0782. The first kappa shape index (κ1) is 13.3. The SMILES string of the molecule is O=C(c1ccccc1)N1CCC(CN(C2CC2)C2CC2)C1. The Balaban J connectivity index is 1.35. The van der Waals surface area contributed by atoms with Gasteiger partial charge in [-0.25, -0.2) is 0 Å². The third-order valence-electron chi connectivity index (χ3n) is 5.09. The Hall–Kier alpha value is -1.35. The summed E-state index contributed by atoms with van der Waals surface area (Å²) >= 11 is 0. The van der Waals surface area contributed by atoms with E-state index in [-0.39, 0.29) is 5.91 Å². The highest BCUT2D eigenvalue weighted by molar-refractivity contribution is 5.94. The molecule has 3 fully saturated rings. The Kier molecular flexibility index (Phi) is 3.46. The second-order valence-electron chi connectivity index (χ2n) is 6.93. The molecule has 0 bridgehead atoms. The molecule has 1 aromatic carbocycles. The van der Waals surface area contributed by atoms with Gasteiger partial charge in [0.05, 0.1) is 0 Å². The van der Waals surface area contributed by atoms with E-state index in [4.69, 9.17) is 0 Å². The highest BCUT2D eigenvalue weighted by Crippen LogP contribution is 2.38. The Labute approximate surface area is 126 Å². The highest BCUT2D eigenvalue weighted by atomic mass is 16.2. The first-order chi connectivity index (χ1) is 10.3. The number of benzene rings is 1. The number of likely N-dealkylation sites (tertiary alicyclic amines) is 1. The fourth-order valence-electron chi connectivity index (χ4n) is 3.64. The number of amides is 1. The number of hydrogen-bond acceptors (Lipinski definition) is 2. The second-order valence-corrected chi connectivity index (χ2v) is 6.93. The number of carbonyl (C=O) groups excluding carboxylic acids is 1. The molecule has 2 aliphatic carbocycles. The Morgan fingerprint density at radius 1 is 1.05 bits per heavy atom. The van der Waals surface area contributed by atoms with Crippen molar-refractivity contribution in [2.75, 3.05) is 19.6 Å². The Morgan fingerprint density at radius 3 is 2.33 bits per heavy atom. The summed E-state index contributed by atoms with van der Waals surface area (Å²) in [6.07, 6.45) is 6.77. The van der Waals surface area contributed by atoms with Gasteiger partial charge in [-0.2, -0.15) is 0 Å². The van der Waals surface area contributed by atoms with Gasteiger partial charge in [0.1, 0.15) is 0 Å². The lowest BCUT2D eigenvalue weighted by Gasteiger charge is -2.25. The molecule has 3 heteroatoms. The van der Waals surface area contributed by atoms with Crippen LogP contribution < -0.4 is 0 Å². The molecule has 0 spiro atoms.